The first kappa shape index (κ1) is 13.7. The fourth-order valence-electron chi connectivity index (χ4n) is 2.88. The maximum atomic E-state index is 12.7. The average Bonchev–Trinajstić information content (AvgIpc) is 2.99. The first-order valence-corrected chi connectivity index (χ1v) is 7.23. The Bertz CT molecular complexity index is 585. The molecular formula is C15H18N4O2. The fourth-order valence-corrected chi connectivity index (χ4v) is 2.88. The monoisotopic (exact) mass is 286 g/mol. The maximum absolute atomic E-state index is 12.7. The molecule has 6 nitrogen and oxygen atoms in total. The van der Waals surface area contributed by atoms with Gasteiger partial charge in [-0.2, -0.15) is 5.10 Å². The summed E-state index contributed by atoms with van der Waals surface area (Å²) in [5, 5.41) is 5.39. The van der Waals surface area contributed by atoms with Gasteiger partial charge in [0.2, 0.25) is 5.91 Å². The highest BCUT2D eigenvalue weighted by atomic mass is 16.2. The largest absolute Gasteiger partial charge is 0.329 e. The van der Waals surface area contributed by atoms with E-state index in [9.17, 15) is 9.59 Å². The molecule has 0 N–H and O–H groups in total. The van der Waals surface area contributed by atoms with Crippen LogP contribution >= 0.6 is 0 Å². The first-order valence-electron chi connectivity index (χ1n) is 7.23. The Morgan fingerprint density at radius 2 is 2.19 bits per heavy atom. The van der Waals surface area contributed by atoms with E-state index in [0.717, 1.165) is 25.1 Å². The highest BCUT2D eigenvalue weighted by Crippen LogP contribution is 2.31. The molecule has 0 aromatic carbocycles. The lowest BCUT2D eigenvalue weighted by Crippen LogP contribution is -2.40. The summed E-state index contributed by atoms with van der Waals surface area (Å²) in [5.41, 5.74) is 1.39. The SMILES string of the molecule is CN1N=C(C(=O)N2CCC[C@@H]2c2ccccn2)CCC1=O. The van der Waals surface area contributed by atoms with Crippen molar-refractivity contribution in [2.45, 2.75) is 31.7 Å². The number of hydrogen-bond donors (Lipinski definition) is 0. The van der Waals surface area contributed by atoms with Crippen molar-refractivity contribution < 1.29 is 9.59 Å². The first-order chi connectivity index (χ1) is 10.2. The van der Waals surface area contributed by atoms with Gasteiger partial charge in [0.05, 0.1) is 11.7 Å². The van der Waals surface area contributed by atoms with Crippen molar-refractivity contribution in [1.82, 2.24) is 14.9 Å². The second-order valence-electron chi connectivity index (χ2n) is 5.38. The molecule has 6 heteroatoms. The standard InChI is InChI=1S/C15H18N4O2/c1-18-14(20)8-7-12(17-18)15(21)19-10-4-6-13(19)11-5-2-3-9-16-11/h2-3,5,9,13H,4,6-8,10H2,1H3/t13-/m1/s1. The van der Waals surface area contributed by atoms with Gasteiger partial charge in [0.25, 0.3) is 5.91 Å². The number of aromatic nitrogens is 1. The maximum Gasteiger partial charge on any atom is 0.270 e. The van der Waals surface area contributed by atoms with Crippen LogP contribution in [-0.4, -0.2) is 46.0 Å². The summed E-state index contributed by atoms with van der Waals surface area (Å²) in [7, 11) is 1.59. The minimum atomic E-state index is -0.0671. The van der Waals surface area contributed by atoms with Crippen LogP contribution < -0.4 is 0 Å². The van der Waals surface area contributed by atoms with Crippen molar-refractivity contribution in [2.24, 2.45) is 5.10 Å². The highest BCUT2D eigenvalue weighted by molar-refractivity contribution is 6.39. The van der Waals surface area contributed by atoms with Gasteiger partial charge in [0.1, 0.15) is 5.71 Å². The van der Waals surface area contributed by atoms with Crippen LogP contribution in [0.4, 0.5) is 0 Å². The quantitative estimate of drug-likeness (QED) is 0.824. The molecule has 0 unspecified atom stereocenters. The Morgan fingerprint density at radius 3 is 2.90 bits per heavy atom. The lowest BCUT2D eigenvalue weighted by Gasteiger charge is -2.27. The van der Waals surface area contributed by atoms with Gasteiger partial charge in [-0.15, -0.1) is 0 Å². The van der Waals surface area contributed by atoms with Crippen LogP contribution in [0.1, 0.15) is 37.4 Å². The number of rotatable bonds is 2. The molecule has 1 aromatic heterocycles. The van der Waals surface area contributed by atoms with E-state index in [1.807, 2.05) is 23.1 Å². The molecule has 0 saturated carbocycles. The van der Waals surface area contributed by atoms with Crippen LogP contribution in [0.2, 0.25) is 0 Å². The zero-order valence-corrected chi connectivity index (χ0v) is 12.0. The molecule has 0 spiro atoms. The minimum Gasteiger partial charge on any atom is -0.329 e. The van der Waals surface area contributed by atoms with E-state index in [-0.39, 0.29) is 17.9 Å². The van der Waals surface area contributed by atoms with Crippen molar-refractivity contribution >= 4 is 17.5 Å². The Morgan fingerprint density at radius 1 is 1.33 bits per heavy atom. The van der Waals surface area contributed by atoms with Crippen LogP contribution in [0.15, 0.2) is 29.5 Å². The highest BCUT2D eigenvalue weighted by Gasteiger charge is 2.34. The van der Waals surface area contributed by atoms with Gasteiger partial charge >= 0.3 is 0 Å². The molecule has 21 heavy (non-hydrogen) atoms. The number of amides is 2. The molecule has 1 atom stereocenters. The molecule has 1 saturated heterocycles. The summed E-state index contributed by atoms with van der Waals surface area (Å²) >= 11 is 0. The average molecular weight is 286 g/mol. The van der Waals surface area contributed by atoms with Crippen molar-refractivity contribution in [2.75, 3.05) is 13.6 Å². The van der Waals surface area contributed by atoms with Crippen LogP contribution in [-0.2, 0) is 9.59 Å². The smallest absolute Gasteiger partial charge is 0.270 e. The van der Waals surface area contributed by atoms with Gasteiger partial charge in [-0.1, -0.05) is 6.07 Å². The van der Waals surface area contributed by atoms with Gasteiger partial charge in [-0.05, 0) is 25.0 Å². The van der Waals surface area contributed by atoms with E-state index in [4.69, 9.17) is 0 Å². The number of hydrogen-bond acceptors (Lipinski definition) is 4. The zero-order valence-electron chi connectivity index (χ0n) is 12.0. The Kier molecular flexibility index (Phi) is 3.68. The molecule has 0 aliphatic carbocycles. The Balaban J connectivity index is 1.81. The molecule has 2 aliphatic rings. The summed E-state index contributed by atoms with van der Waals surface area (Å²) in [4.78, 5) is 30.3. The second kappa shape index (κ2) is 5.63. The number of hydrazone groups is 1. The fraction of sp³-hybridized carbons (Fsp3) is 0.467. The molecule has 3 heterocycles. The van der Waals surface area contributed by atoms with Crippen LogP contribution in [0, 0.1) is 0 Å². The van der Waals surface area contributed by atoms with E-state index in [0.29, 0.717) is 18.6 Å². The van der Waals surface area contributed by atoms with Crippen molar-refractivity contribution in [3.8, 4) is 0 Å². The van der Waals surface area contributed by atoms with Gasteiger partial charge in [-0.25, -0.2) is 5.01 Å². The second-order valence-corrected chi connectivity index (χ2v) is 5.38. The van der Waals surface area contributed by atoms with Gasteiger partial charge in [0.15, 0.2) is 0 Å². The molecule has 1 fully saturated rings. The topological polar surface area (TPSA) is 65.9 Å². The molecule has 3 rings (SSSR count). The summed E-state index contributed by atoms with van der Waals surface area (Å²) in [6.07, 6.45) is 4.41. The third-order valence-corrected chi connectivity index (χ3v) is 4.00. The van der Waals surface area contributed by atoms with E-state index >= 15 is 0 Å². The normalized spacial score (nSPS) is 22.4. The van der Waals surface area contributed by atoms with Crippen molar-refractivity contribution in [1.29, 1.82) is 0 Å². The molecule has 2 amide bonds. The zero-order chi connectivity index (χ0) is 14.8. The number of carbonyl (C=O) groups excluding carboxylic acids is 2. The third kappa shape index (κ3) is 2.66. The van der Waals surface area contributed by atoms with Gasteiger partial charge in [0, 0.05) is 32.6 Å². The molecule has 1 aromatic rings. The van der Waals surface area contributed by atoms with E-state index in [1.54, 1.807) is 13.2 Å². The van der Waals surface area contributed by atoms with E-state index in [1.165, 1.54) is 5.01 Å². The van der Waals surface area contributed by atoms with E-state index in [2.05, 4.69) is 10.1 Å². The minimum absolute atomic E-state index is 0.0179. The molecule has 110 valence electrons. The Labute approximate surface area is 123 Å². The summed E-state index contributed by atoms with van der Waals surface area (Å²) < 4.78 is 0. The predicted octanol–water partition coefficient (Wildman–Crippen LogP) is 1.35. The van der Waals surface area contributed by atoms with Crippen LogP contribution in [0.3, 0.4) is 0 Å². The summed E-state index contributed by atoms with van der Waals surface area (Å²) in [5.74, 6) is -0.114. The molecule has 0 radical (unpaired) electrons. The molecular weight excluding hydrogens is 268 g/mol. The summed E-state index contributed by atoms with van der Waals surface area (Å²) in [6, 6.07) is 5.78. The molecule has 0 bridgehead atoms. The summed E-state index contributed by atoms with van der Waals surface area (Å²) in [6.45, 7) is 0.719. The number of pyridine rings is 1. The third-order valence-electron chi connectivity index (χ3n) is 4.00. The lowest BCUT2D eigenvalue weighted by atomic mass is 10.1. The number of nitrogens with zero attached hydrogens (tertiary/aromatic N) is 4. The Hall–Kier alpha value is -2.24. The van der Waals surface area contributed by atoms with Crippen molar-refractivity contribution in [3.05, 3.63) is 30.1 Å². The van der Waals surface area contributed by atoms with Gasteiger partial charge < -0.3 is 4.90 Å². The van der Waals surface area contributed by atoms with Crippen molar-refractivity contribution in [3.63, 3.8) is 0 Å². The van der Waals surface area contributed by atoms with Crippen LogP contribution in [0.25, 0.3) is 0 Å². The molecule has 2 aliphatic heterocycles. The lowest BCUT2D eigenvalue weighted by molar-refractivity contribution is -0.130. The predicted molar refractivity (Wildman–Crippen MR) is 77.4 cm³/mol. The van der Waals surface area contributed by atoms with Gasteiger partial charge in [-0.3, -0.25) is 14.6 Å². The number of carbonyl (C=O) groups is 2. The number of likely N-dealkylation sites (tertiary alicyclic amines) is 1. The van der Waals surface area contributed by atoms with Crippen LogP contribution in [0.5, 0.6) is 0 Å². The van der Waals surface area contributed by atoms with E-state index < -0.39 is 0 Å².